The molecule has 2 N–H and O–H groups in total. The quantitative estimate of drug-likeness (QED) is 0.197. The standard InChI is InChI=1S/C29H34Cl2N6OS/c1-3-4-5-13-34-29(39)36(19-24-7-6-8-26(30)28(24)31)17-21(2)35-27(38)14-25-16-33-20-37(25)18-23-11-9-22(15-32)10-12-23/h6-12,16,20-21H,3-5,13-14,17-19H2,1-2H3,(H,34,39)(H,35,38)/t21-/m0/s1. The van der Waals surface area contributed by atoms with Crippen molar-refractivity contribution in [1.82, 2.24) is 25.1 Å². The van der Waals surface area contributed by atoms with E-state index in [1.54, 1.807) is 30.7 Å². The molecule has 1 heterocycles. The maximum absolute atomic E-state index is 13.0. The minimum atomic E-state index is -0.180. The number of carbonyl (C=O) groups is 1. The number of benzene rings is 2. The molecule has 0 radical (unpaired) electrons. The van der Waals surface area contributed by atoms with E-state index in [2.05, 4.69) is 28.6 Å². The normalized spacial score (nSPS) is 11.5. The van der Waals surface area contributed by atoms with Gasteiger partial charge in [0.1, 0.15) is 0 Å². The van der Waals surface area contributed by atoms with Crippen LogP contribution in [0.3, 0.4) is 0 Å². The summed E-state index contributed by atoms with van der Waals surface area (Å²) in [5, 5.41) is 17.1. The molecule has 0 unspecified atom stereocenters. The van der Waals surface area contributed by atoms with Crippen LogP contribution in [0.1, 0.15) is 55.5 Å². The van der Waals surface area contributed by atoms with Gasteiger partial charge in [0, 0.05) is 44.1 Å². The minimum Gasteiger partial charge on any atom is -0.363 e. The van der Waals surface area contributed by atoms with Gasteiger partial charge >= 0.3 is 0 Å². The van der Waals surface area contributed by atoms with E-state index in [1.165, 1.54) is 0 Å². The number of imidazole rings is 1. The van der Waals surface area contributed by atoms with Crippen LogP contribution in [0.5, 0.6) is 0 Å². The summed E-state index contributed by atoms with van der Waals surface area (Å²) in [6.45, 7) is 6.44. The maximum Gasteiger partial charge on any atom is 0.226 e. The van der Waals surface area contributed by atoms with Crippen molar-refractivity contribution in [3.05, 3.63) is 87.4 Å². The number of nitrogens with zero attached hydrogens (tertiary/aromatic N) is 4. The van der Waals surface area contributed by atoms with E-state index in [9.17, 15) is 4.79 Å². The first-order valence-electron chi connectivity index (χ1n) is 13.0. The van der Waals surface area contributed by atoms with Crippen molar-refractivity contribution in [2.24, 2.45) is 0 Å². The van der Waals surface area contributed by atoms with Crippen molar-refractivity contribution in [1.29, 1.82) is 5.26 Å². The highest BCUT2D eigenvalue weighted by Gasteiger charge is 2.18. The van der Waals surface area contributed by atoms with Gasteiger partial charge in [-0.15, -0.1) is 0 Å². The van der Waals surface area contributed by atoms with Crippen molar-refractivity contribution in [2.75, 3.05) is 13.1 Å². The summed E-state index contributed by atoms with van der Waals surface area (Å²) in [6.07, 6.45) is 6.90. The Morgan fingerprint density at radius 2 is 1.97 bits per heavy atom. The van der Waals surface area contributed by atoms with Gasteiger partial charge in [-0.25, -0.2) is 4.98 Å². The molecule has 3 aromatic rings. The molecule has 2 aromatic carbocycles. The summed E-state index contributed by atoms with van der Waals surface area (Å²) in [5.41, 5.74) is 3.31. The van der Waals surface area contributed by atoms with E-state index in [1.807, 2.05) is 40.7 Å². The molecule has 0 aliphatic heterocycles. The molecule has 0 saturated carbocycles. The van der Waals surface area contributed by atoms with Crippen molar-refractivity contribution in [2.45, 2.75) is 58.7 Å². The van der Waals surface area contributed by atoms with Crippen molar-refractivity contribution in [3.63, 3.8) is 0 Å². The smallest absolute Gasteiger partial charge is 0.226 e. The van der Waals surface area contributed by atoms with Gasteiger partial charge < -0.3 is 20.1 Å². The predicted octanol–water partition coefficient (Wildman–Crippen LogP) is 5.72. The molecular weight excluding hydrogens is 551 g/mol. The van der Waals surface area contributed by atoms with Gasteiger partial charge in [0.05, 0.1) is 34.4 Å². The van der Waals surface area contributed by atoms with Gasteiger partial charge in [0.25, 0.3) is 0 Å². The number of hydrogen-bond donors (Lipinski definition) is 2. The molecule has 0 bridgehead atoms. The van der Waals surface area contributed by atoms with Crippen LogP contribution in [-0.4, -0.2) is 44.6 Å². The number of nitriles is 1. The number of amides is 1. The Kier molecular flexibility index (Phi) is 12.1. The van der Waals surface area contributed by atoms with Crippen LogP contribution in [-0.2, 0) is 24.3 Å². The molecule has 10 heteroatoms. The number of nitrogens with one attached hydrogen (secondary N) is 2. The number of thiocarbonyl (C=S) groups is 1. The van der Waals surface area contributed by atoms with Gasteiger partial charge in [0.15, 0.2) is 5.11 Å². The molecule has 1 amide bonds. The average molecular weight is 586 g/mol. The lowest BCUT2D eigenvalue weighted by Gasteiger charge is -2.29. The van der Waals surface area contributed by atoms with E-state index in [-0.39, 0.29) is 18.4 Å². The predicted molar refractivity (Wildman–Crippen MR) is 161 cm³/mol. The third-order valence-corrected chi connectivity index (χ3v) is 7.47. The van der Waals surface area contributed by atoms with Crippen LogP contribution in [0.2, 0.25) is 10.0 Å². The number of halogens is 2. The molecule has 7 nitrogen and oxygen atoms in total. The molecular formula is C29H34Cl2N6OS. The van der Waals surface area contributed by atoms with Gasteiger partial charge in [-0.3, -0.25) is 4.79 Å². The fourth-order valence-electron chi connectivity index (χ4n) is 4.16. The fourth-order valence-corrected chi connectivity index (χ4v) is 4.78. The second kappa shape index (κ2) is 15.5. The van der Waals surface area contributed by atoms with Gasteiger partial charge in [0.2, 0.25) is 5.91 Å². The van der Waals surface area contributed by atoms with Crippen LogP contribution in [0.15, 0.2) is 55.0 Å². The van der Waals surface area contributed by atoms with Crippen LogP contribution in [0.4, 0.5) is 0 Å². The number of aromatic nitrogens is 2. The lowest BCUT2D eigenvalue weighted by atomic mass is 10.1. The number of carbonyl (C=O) groups excluding carboxylic acids is 1. The molecule has 0 aliphatic carbocycles. The largest absolute Gasteiger partial charge is 0.363 e. The molecule has 39 heavy (non-hydrogen) atoms. The second-order valence-electron chi connectivity index (χ2n) is 9.50. The summed E-state index contributed by atoms with van der Waals surface area (Å²) >= 11 is 18.4. The molecule has 206 valence electrons. The summed E-state index contributed by atoms with van der Waals surface area (Å²) in [4.78, 5) is 19.2. The Hall–Kier alpha value is -3.12. The van der Waals surface area contributed by atoms with Crippen molar-refractivity contribution in [3.8, 4) is 6.07 Å². The highest BCUT2D eigenvalue weighted by atomic mass is 35.5. The number of hydrogen-bond acceptors (Lipinski definition) is 4. The van der Waals surface area contributed by atoms with E-state index in [0.717, 1.165) is 42.6 Å². The summed E-state index contributed by atoms with van der Waals surface area (Å²) in [6, 6.07) is 14.9. The van der Waals surface area contributed by atoms with Gasteiger partial charge in [-0.05, 0) is 54.9 Å². The van der Waals surface area contributed by atoms with E-state index in [4.69, 9.17) is 40.7 Å². The maximum atomic E-state index is 13.0. The molecule has 0 spiro atoms. The third-order valence-electron chi connectivity index (χ3n) is 6.21. The Labute approximate surface area is 246 Å². The zero-order chi connectivity index (χ0) is 28.2. The van der Waals surface area contributed by atoms with E-state index >= 15 is 0 Å². The van der Waals surface area contributed by atoms with Crippen LogP contribution >= 0.6 is 35.4 Å². The zero-order valence-electron chi connectivity index (χ0n) is 22.3. The fraction of sp³-hybridized carbons (Fsp3) is 0.379. The van der Waals surface area contributed by atoms with Crippen molar-refractivity contribution < 1.29 is 4.79 Å². The lowest BCUT2D eigenvalue weighted by molar-refractivity contribution is -0.121. The molecule has 3 rings (SSSR count). The monoisotopic (exact) mass is 584 g/mol. The zero-order valence-corrected chi connectivity index (χ0v) is 24.6. The third kappa shape index (κ3) is 9.54. The topological polar surface area (TPSA) is 86.0 Å². The second-order valence-corrected chi connectivity index (χ2v) is 10.7. The van der Waals surface area contributed by atoms with Crippen molar-refractivity contribution >= 4 is 46.4 Å². The van der Waals surface area contributed by atoms with Crippen LogP contribution in [0.25, 0.3) is 0 Å². The van der Waals surface area contributed by atoms with E-state index in [0.29, 0.717) is 40.4 Å². The number of rotatable bonds is 13. The highest BCUT2D eigenvalue weighted by molar-refractivity contribution is 7.80. The Morgan fingerprint density at radius 3 is 2.69 bits per heavy atom. The van der Waals surface area contributed by atoms with E-state index < -0.39 is 0 Å². The molecule has 1 aromatic heterocycles. The minimum absolute atomic E-state index is 0.105. The number of unbranched alkanes of at least 4 members (excludes halogenated alkanes) is 2. The Balaban J connectivity index is 1.61. The molecule has 0 aliphatic rings. The summed E-state index contributed by atoms with van der Waals surface area (Å²) in [5.74, 6) is -0.105. The molecule has 0 saturated heterocycles. The van der Waals surface area contributed by atoms with Gasteiger partial charge in [-0.2, -0.15) is 5.26 Å². The first kappa shape index (κ1) is 30.4. The molecule has 1 atom stereocenters. The van der Waals surface area contributed by atoms with Gasteiger partial charge in [-0.1, -0.05) is 67.2 Å². The van der Waals surface area contributed by atoms with Crippen LogP contribution < -0.4 is 10.6 Å². The molecule has 0 fully saturated rings. The first-order chi connectivity index (χ1) is 18.8. The average Bonchev–Trinajstić information content (AvgIpc) is 3.34. The van der Waals surface area contributed by atoms with Crippen LogP contribution in [0, 0.1) is 11.3 Å². The highest BCUT2D eigenvalue weighted by Crippen LogP contribution is 2.26. The first-order valence-corrected chi connectivity index (χ1v) is 14.2. The lowest BCUT2D eigenvalue weighted by Crippen LogP contribution is -2.47. The summed E-state index contributed by atoms with van der Waals surface area (Å²) in [7, 11) is 0. The Morgan fingerprint density at radius 1 is 1.21 bits per heavy atom. The SMILES string of the molecule is CCCCCNC(=S)N(Cc1cccc(Cl)c1Cl)C[C@H](C)NC(=O)Cc1cncn1Cc1ccc(C#N)cc1. The Bertz CT molecular complexity index is 1290. The summed E-state index contributed by atoms with van der Waals surface area (Å²) < 4.78 is 1.94.